The predicted molar refractivity (Wildman–Crippen MR) is 83.0 cm³/mol. The number of amides is 1. The zero-order valence-corrected chi connectivity index (χ0v) is 12.5. The van der Waals surface area contributed by atoms with Crippen molar-refractivity contribution in [3.63, 3.8) is 0 Å². The average molecular weight is 311 g/mol. The summed E-state index contributed by atoms with van der Waals surface area (Å²) in [5, 5.41) is 4.66. The lowest BCUT2D eigenvalue weighted by Gasteiger charge is -2.30. The largest absolute Gasteiger partial charge is 0.467 e. The van der Waals surface area contributed by atoms with Gasteiger partial charge in [0, 0.05) is 31.3 Å². The number of ether oxygens (including phenoxy) is 1. The van der Waals surface area contributed by atoms with E-state index in [1.165, 1.54) is 7.11 Å². The SMILES string of the molecule is COc1ncc(C2=C(C(N)=O)N=C3C=CC=N[N+]32C2CC2)cn1. The van der Waals surface area contributed by atoms with Crippen LogP contribution in [0.5, 0.6) is 6.01 Å². The van der Waals surface area contributed by atoms with Crippen LogP contribution in [-0.2, 0) is 4.79 Å². The van der Waals surface area contributed by atoms with Gasteiger partial charge in [0.05, 0.1) is 18.9 Å². The maximum absolute atomic E-state index is 11.9. The van der Waals surface area contributed by atoms with E-state index in [0.29, 0.717) is 17.1 Å². The number of primary amides is 1. The van der Waals surface area contributed by atoms with Gasteiger partial charge in [-0.1, -0.05) is 5.10 Å². The second-order valence-electron chi connectivity index (χ2n) is 5.53. The molecule has 1 aromatic rings. The van der Waals surface area contributed by atoms with Gasteiger partial charge in [-0.15, -0.1) is 4.59 Å². The first-order valence-corrected chi connectivity index (χ1v) is 7.28. The van der Waals surface area contributed by atoms with E-state index in [1.807, 2.05) is 12.2 Å². The molecule has 0 bridgehead atoms. The Morgan fingerprint density at radius 3 is 2.70 bits per heavy atom. The van der Waals surface area contributed by atoms with Gasteiger partial charge >= 0.3 is 6.01 Å². The fourth-order valence-corrected chi connectivity index (χ4v) is 3.02. The number of hydrogen-bond acceptors (Lipinski definition) is 6. The van der Waals surface area contributed by atoms with Gasteiger partial charge < -0.3 is 10.5 Å². The Morgan fingerprint density at radius 2 is 2.09 bits per heavy atom. The first-order chi connectivity index (χ1) is 11.2. The minimum absolute atomic E-state index is 0.171. The molecule has 1 saturated carbocycles. The zero-order chi connectivity index (χ0) is 16.0. The van der Waals surface area contributed by atoms with E-state index in [-0.39, 0.29) is 22.3 Å². The van der Waals surface area contributed by atoms with Crippen LogP contribution in [-0.4, -0.2) is 45.7 Å². The first-order valence-electron chi connectivity index (χ1n) is 7.28. The minimum atomic E-state index is -0.584. The summed E-state index contributed by atoms with van der Waals surface area (Å²) in [5.74, 6) is 0.120. The molecule has 8 heteroatoms. The molecule has 1 amide bonds. The van der Waals surface area contributed by atoms with Crippen LogP contribution < -0.4 is 10.5 Å². The number of rotatable bonds is 4. The summed E-state index contributed by atoms with van der Waals surface area (Å²) in [6.07, 6.45) is 10.6. The lowest BCUT2D eigenvalue weighted by Crippen LogP contribution is -2.47. The molecule has 2 N–H and O–H groups in total. The van der Waals surface area contributed by atoms with Gasteiger partial charge in [0.1, 0.15) is 6.04 Å². The summed E-state index contributed by atoms with van der Waals surface area (Å²) in [4.78, 5) is 24.7. The van der Waals surface area contributed by atoms with E-state index in [1.54, 1.807) is 18.6 Å². The first kappa shape index (κ1) is 13.8. The number of fused-ring (bicyclic) bond motifs is 1. The normalized spacial score (nSPS) is 25.3. The smallest absolute Gasteiger partial charge is 0.316 e. The van der Waals surface area contributed by atoms with E-state index in [9.17, 15) is 4.79 Å². The molecule has 4 rings (SSSR count). The average Bonchev–Trinajstić information content (AvgIpc) is 3.36. The van der Waals surface area contributed by atoms with Crippen molar-refractivity contribution in [2.24, 2.45) is 15.8 Å². The number of carbonyl (C=O) groups excluding carboxylic acids is 1. The number of quaternary nitrogens is 1. The standard InChI is InChI=1S/C15H14N6O2/c1-23-15-17-7-9(8-18-15)13-12(14(16)22)20-11-3-2-6-19-21(11,13)10-4-5-10/h2-3,6-8,10H,4-5H2,1H3,(H-,16,22)/p+1. The molecule has 1 fully saturated rings. The van der Waals surface area contributed by atoms with Crippen LogP contribution in [0.15, 0.2) is 40.3 Å². The summed E-state index contributed by atoms with van der Waals surface area (Å²) in [6, 6.07) is 0.512. The van der Waals surface area contributed by atoms with Gasteiger partial charge in [-0.3, -0.25) is 4.79 Å². The molecule has 2 aliphatic heterocycles. The lowest BCUT2D eigenvalue weighted by molar-refractivity contribution is -0.783. The van der Waals surface area contributed by atoms with Crippen molar-refractivity contribution in [2.45, 2.75) is 18.9 Å². The topological polar surface area (TPSA) is 103 Å². The number of nitrogens with two attached hydrogens (primary N) is 1. The van der Waals surface area contributed by atoms with Crippen LogP contribution >= 0.6 is 0 Å². The van der Waals surface area contributed by atoms with Crippen LogP contribution in [0.25, 0.3) is 5.70 Å². The highest BCUT2D eigenvalue weighted by atomic mass is 16.5. The third-order valence-corrected chi connectivity index (χ3v) is 4.11. The highest BCUT2D eigenvalue weighted by Gasteiger charge is 2.58. The molecule has 0 saturated heterocycles. The van der Waals surface area contributed by atoms with Crippen molar-refractivity contribution < 1.29 is 14.1 Å². The molecule has 3 heterocycles. The van der Waals surface area contributed by atoms with E-state index >= 15 is 0 Å². The van der Waals surface area contributed by atoms with Gasteiger partial charge in [0.25, 0.3) is 11.7 Å². The number of aliphatic imine (C=N–C) groups is 1. The number of nitrogens with zero attached hydrogens (tertiary/aromatic N) is 5. The van der Waals surface area contributed by atoms with Crippen LogP contribution in [0, 0.1) is 0 Å². The Morgan fingerprint density at radius 1 is 1.35 bits per heavy atom. The molecule has 8 nitrogen and oxygen atoms in total. The van der Waals surface area contributed by atoms with Crippen molar-refractivity contribution in [3.05, 3.63) is 35.8 Å². The number of aromatic nitrogens is 2. The predicted octanol–water partition coefficient (Wildman–Crippen LogP) is 0.586. The van der Waals surface area contributed by atoms with Gasteiger partial charge in [0.2, 0.25) is 5.70 Å². The molecule has 116 valence electrons. The molecule has 23 heavy (non-hydrogen) atoms. The van der Waals surface area contributed by atoms with Crippen molar-refractivity contribution in [1.82, 2.24) is 9.97 Å². The van der Waals surface area contributed by atoms with Crippen molar-refractivity contribution in [3.8, 4) is 6.01 Å². The number of carbonyl (C=O) groups is 1. The molecular formula is C15H15N6O2+. The quantitative estimate of drug-likeness (QED) is 0.822. The highest BCUT2D eigenvalue weighted by Crippen LogP contribution is 2.48. The van der Waals surface area contributed by atoms with Gasteiger partial charge in [0.15, 0.2) is 5.70 Å². The molecule has 0 aromatic carbocycles. The molecule has 1 aromatic heterocycles. The number of allylic oxidation sites excluding steroid dienone is 1. The van der Waals surface area contributed by atoms with Gasteiger partial charge in [-0.2, -0.15) is 4.99 Å². The Hall–Kier alpha value is -2.87. The van der Waals surface area contributed by atoms with E-state index in [4.69, 9.17) is 10.5 Å². The molecule has 1 unspecified atom stereocenters. The Balaban J connectivity index is 1.92. The molecule has 1 aliphatic carbocycles. The van der Waals surface area contributed by atoms with Gasteiger partial charge in [-0.05, 0) is 6.08 Å². The fourth-order valence-electron chi connectivity index (χ4n) is 3.02. The Labute approximate surface area is 132 Å². The van der Waals surface area contributed by atoms with E-state index < -0.39 is 5.91 Å². The molecular weight excluding hydrogens is 296 g/mol. The minimum Gasteiger partial charge on any atom is -0.467 e. The zero-order valence-electron chi connectivity index (χ0n) is 12.5. The summed E-state index contributed by atoms with van der Waals surface area (Å²) in [7, 11) is 1.50. The molecule has 0 radical (unpaired) electrons. The second-order valence-corrected chi connectivity index (χ2v) is 5.53. The van der Waals surface area contributed by atoms with Crippen LogP contribution in [0.1, 0.15) is 18.4 Å². The molecule has 1 atom stereocenters. The highest BCUT2D eigenvalue weighted by molar-refractivity contribution is 6.09. The Bertz CT molecular complexity index is 804. The van der Waals surface area contributed by atoms with Gasteiger partial charge in [-0.25, -0.2) is 9.97 Å². The fraction of sp³-hybridized carbons (Fsp3) is 0.267. The van der Waals surface area contributed by atoms with Crippen LogP contribution in [0.4, 0.5) is 0 Å². The third-order valence-electron chi connectivity index (χ3n) is 4.11. The van der Waals surface area contributed by atoms with Crippen molar-refractivity contribution in [1.29, 1.82) is 0 Å². The monoisotopic (exact) mass is 311 g/mol. The summed E-state index contributed by atoms with van der Waals surface area (Å²) < 4.78 is 5.16. The van der Waals surface area contributed by atoms with E-state index in [0.717, 1.165) is 12.8 Å². The summed E-state index contributed by atoms with van der Waals surface area (Å²) in [5.41, 5.74) is 7.07. The molecule has 0 spiro atoms. The second kappa shape index (κ2) is 4.82. The maximum Gasteiger partial charge on any atom is 0.316 e. The third kappa shape index (κ3) is 1.92. The lowest BCUT2D eigenvalue weighted by atomic mass is 10.1. The van der Waals surface area contributed by atoms with Crippen molar-refractivity contribution in [2.75, 3.05) is 7.11 Å². The number of hydrogen-bond donors (Lipinski definition) is 1. The van der Waals surface area contributed by atoms with Crippen LogP contribution in [0.3, 0.4) is 0 Å². The Kier molecular flexibility index (Phi) is 2.88. The van der Waals surface area contributed by atoms with Crippen molar-refractivity contribution >= 4 is 23.7 Å². The number of methoxy groups -OCH3 is 1. The number of amidine groups is 1. The molecule has 3 aliphatic rings. The van der Waals surface area contributed by atoms with E-state index in [2.05, 4.69) is 20.1 Å². The summed E-state index contributed by atoms with van der Waals surface area (Å²) >= 11 is 0. The maximum atomic E-state index is 11.9. The van der Waals surface area contributed by atoms with Crippen LogP contribution in [0.2, 0.25) is 0 Å². The summed E-state index contributed by atoms with van der Waals surface area (Å²) in [6.45, 7) is 0.